The largest absolute Gasteiger partial charge is 0.393 e. The molecule has 2 aromatic rings. The summed E-state index contributed by atoms with van der Waals surface area (Å²) in [6, 6.07) is 6.33. The van der Waals surface area contributed by atoms with Crippen molar-refractivity contribution in [3.63, 3.8) is 0 Å². The summed E-state index contributed by atoms with van der Waals surface area (Å²) >= 11 is 0. The molecular weight excluding hydrogens is 302 g/mol. The number of aromatic nitrogens is 3. The normalized spacial score (nSPS) is 16.1. The molecule has 1 atom stereocenters. The third kappa shape index (κ3) is 3.50. The molecule has 1 unspecified atom stereocenters. The first-order valence-corrected chi connectivity index (χ1v) is 8.47. The van der Waals surface area contributed by atoms with Crippen LogP contribution in [0.3, 0.4) is 0 Å². The Morgan fingerprint density at radius 3 is 2.54 bits per heavy atom. The van der Waals surface area contributed by atoms with E-state index in [4.69, 9.17) is 5.73 Å². The molecule has 3 heterocycles. The summed E-state index contributed by atoms with van der Waals surface area (Å²) in [5, 5.41) is 3.35. The predicted octanol–water partition coefficient (Wildman–Crippen LogP) is 1.99. The Morgan fingerprint density at radius 1 is 1.12 bits per heavy atom. The standard InChI is InChI=1S/C17H25N7/c1-3-13(2)22-16-15(18)17(21-12-20-16)24-10-8-23(9-11-24)14-6-4-5-7-19-14/h4-7,12-13H,3,8-11,18H2,1-2H3,(H,20,21,22). The minimum absolute atomic E-state index is 0.330. The fourth-order valence-corrected chi connectivity index (χ4v) is 2.78. The van der Waals surface area contributed by atoms with Gasteiger partial charge in [-0.25, -0.2) is 15.0 Å². The SMILES string of the molecule is CCC(C)Nc1ncnc(N2CCN(c3ccccn3)CC2)c1N. The van der Waals surface area contributed by atoms with Gasteiger partial charge < -0.3 is 20.9 Å². The molecule has 24 heavy (non-hydrogen) atoms. The molecule has 0 amide bonds. The number of nitrogens with two attached hydrogens (primary N) is 1. The molecule has 0 radical (unpaired) electrons. The molecule has 1 saturated heterocycles. The molecule has 7 heteroatoms. The minimum Gasteiger partial charge on any atom is -0.393 e. The van der Waals surface area contributed by atoms with Crippen molar-refractivity contribution in [3.05, 3.63) is 30.7 Å². The molecule has 128 valence electrons. The lowest BCUT2D eigenvalue weighted by Gasteiger charge is -2.36. The van der Waals surface area contributed by atoms with Gasteiger partial charge in [0.15, 0.2) is 11.6 Å². The lowest BCUT2D eigenvalue weighted by Crippen LogP contribution is -2.47. The highest BCUT2D eigenvalue weighted by molar-refractivity contribution is 5.75. The van der Waals surface area contributed by atoms with E-state index in [1.165, 1.54) is 0 Å². The highest BCUT2D eigenvalue weighted by atomic mass is 15.3. The van der Waals surface area contributed by atoms with Crippen molar-refractivity contribution in [1.29, 1.82) is 0 Å². The van der Waals surface area contributed by atoms with Crippen LogP contribution in [0.15, 0.2) is 30.7 Å². The monoisotopic (exact) mass is 327 g/mol. The highest BCUT2D eigenvalue weighted by Crippen LogP contribution is 2.28. The van der Waals surface area contributed by atoms with Crippen molar-refractivity contribution in [2.45, 2.75) is 26.3 Å². The van der Waals surface area contributed by atoms with E-state index in [0.29, 0.717) is 11.7 Å². The van der Waals surface area contributed by atoms with Gasteiger partial charge in [-0.2, -0.15) is 0 Å². The van der Waals surface area contributed by atoms with E-state index < -0.39 is 0 Å². The maximum atomic E-state index is 6.31. The van der Waals surface area contributed by atoms with Gasteiger partial charge in [0.05, 0.1) is 0 Å². The van der Waals surface area contributed by atoms with Crippen LogP contribution in [0, 0.1) is 0 Å². The Bertz CT molecular complexity index is 653. The van der Waals surface area contributed by atoms with Gasteiger partial charge in [0, 0.05) is 38.4 Å². The first-order valence-electron chi connectivity index (χ1n) is 8.47. The summed E-state index contributed by atoms with van der Waals surface area (Å²) < 4.78 is 0. The van der Waals surface area contributed by atoms with Crippen molar-refractivity contribution in [1.82, 2.24) is 15.0 Å². The predicted molar refractivity (Wildman–Crippen MR) is 98.5 cm³/mol. The van der Waals surface area contributed by atoms with Gasteiger partial charge in [0.25, 0.3) is 0 Å². The Kier molecular flexibility index (Phi) is 4.98. The number of piperazine rings is 1. The van der Waals surface area contributed by atoms with Crippen molar-refractivity contribution in [2.75, 3.05) is 47.0 Å². The molecule has 0 aromatic carbocycles. The Balaban J connectivity index is 1.69. The zero-order valence-corrected chi connectivity index (χ0v) is 14.3. The van der Waals surface area contributed by atoms with E-state index in [9.17, 15) is 0 Å². The van der Waals surface area contributed by atoms with E-state index in [1.807, 2.05) is 24.4 Å². The summed E-state index contributed by atoms with van der Waals surface area (Å²) in [6.45, 7) is 7.77. The molecule has 0 spiro atoms. The number of hydrogen-bond donors (Lipinski definition) is 2. The fourth-order valence-electron chi connectivity index (χ4n) is 2.78. The molecule has 7 nitrogen and oxygen atoms in total. The van der Waals surface area contributed by atoms with Gasteiger partial charge in [0.2, 0.25) is 0 Å². The van der Waals surface area contributed by atoms with E-state index >= 15 is 0 Å². The van der Waals surface area contributed by atoms with Crippen LogP contribution in [0.25, 0.3) is 0 Å². The average molecular weight is 327 g/mol. The maximum absolute atomic E-state index is 6.31. The number of rotatable bonds is 5. The van der Waals surface area contributed by atoms with Crippen molar-refractivity contribution < 1.29 is 0 Å². The quantitative estimate of drug-likeness (QED) is 0.869. The minimum atomic E-state index is 0.330. The number of nitrogen functional groups attached to an aromatic ring is 1. The molecule has 2 aromatic heterocycles. The van der Waals surface area contributed by atoms with Crippen LogP contribution in [0.5, 0.6) is 0 Å². The first-order chi connectivity index (χ1) is 11.7. The fraction of sp³-hybridized carbons (Fsp3) is 0.471. The molecule has 0 aliphatic carbocycles. The van der Waals surface area contributed by atoms with Crippen molar-refractivity contribution >= 4 is 23.1 Å². The molecule has 0 bridgehead atoms. The summed E-state index contributed by atoms with van der Waals surface area (Å²) in [5.74, 6) is 2.56. The van der Waals surface area contributed by atoms with E-state index in [-0.39, 0.29) is 0 Å². The average Bonchev–Trinajstić information content (AvgIpc) is 2.64. The van der Waals surface area contributed by atoms with E-state index in [0.717, 1.165) is 50.1 Å². The van der Waals surface area contributed by atoms with Gasteiger partial charge in [-0.3, -0.25) is 0 Å². The molecule has 1 aliphatic heterocycles. The van der Waals surface area contributed by atoms with Crippen LogP contribution < -0.4 is 20.9 Å². The van der Waals surface area contributed by atoms with Crippen LogP contribution >= 0.6 is 0 Å². The third-order valence-corrected chi connectivity index (χ3v) is 4.41. The third-order valence-electron chi connectivity index (χ3n) is 4.41. The van der Waals surface area contributed by atoms with Gasteiger partial charge in [-0.05, 0) is 25.5 Å². The second kappa shape index (κ2) is 7.33. The summed E-state index contributed by atoms with van der Waals surface area (Å²) in [5.41, 5.74) is 6.94. The Hall–Kier alpha value is -2.57. The second-order valence-electron chi connectivity index (χ2n) is 6.08. The molecule has 1 aliphatic rings. The van der Waals surface area contributed by atoms with Crippen LogP contribution in [0.1, 0.15) is 20.3 Å². The van der Waals surface area contributed by atoms with Crippen molar-refractivity contribution in [3.8, 4) is 0 Å². The van der Waals surface area contributed by atoms with Crippen LogP contribution in [-0.2, 0) is 0 Å². The van der Waals surface area contributed by atoms with Crippen LogP contribution in [-0.4, -0.2) is 47.2 Å². The summed E-state index contributed by atoms with van der Waals surface area (Å²) in [4.78, 5) is 17.6. The highest BCUT2D eigenvalue weighted by Gasteiger charge is 2.22. The number of nitrogens with zero attached hydrogens (tertiary/aromatic N) is 5. The molecular formula is C17H25N7. The number of nitrogens with one attached hydrogen (secondary N) is 1. The van der Waals surface area contributed by atoms with Crippen LogP contribution in [0.2, 0.25) is 0 Å². The first kappa shape index (κ1) is 16.3. The smallest absolute Gasteiger partial charge is 0.157 e. The van der Waals surface area contributed by atoms with Gasteiger partial charge in [-0.15, -0.1) is 0 Å². The van der Waals surface area contributed by atoms with Gasteiger partial charge in [-0.1, -0.05) is 13.0 Å². The molecule has 1 fully saturated rings. The van der Waals surface area contributed by atoms with Crippen molar-refractivity contribution in [2.24, 2.45) is 0 Å². The molecule has 0 saturated carbocycles. The topological polar surface area (TPSA) is 83.2 Å². The number of hydrogen-bond acceptors (Lipinski definition) is 7. The summed E-state index contributed by atoms with van der Waals surface area (Å²) in [6.07, 6.45) is 4.43. The lowest BCUT2D eigenvalue weighted by molar-refractivity contribution is 0.641. The van der Waals surface area contributed by atoms with E-state index in [1.54, 1.807) is 6.33 Å². The maximum Gasteiger partial charge on any atom is 0.157 e. The number of pyridine rings is 1. The zero-order valence-electron chi connectivity index (χ0n) is 14.3. The second-order valence-corrected chi connectivity index (χ2v) is 6.08. The summed E-state index contributed by atoms with van der Waals surface area (Å²) in [7, 11) is 0. The molecule has 3 N–H and O–H groups in total. The van der Waals surface area contributed by atoms with Crippen LogP contribution in [0.4, 0.5) is 23.1 Å². The Morgan fingerprint density at radius 2 is 1.88 bits per heavy atom. The lowest BCUT2D eigenvalue weighted by atomic mass is 10.2. The van der Waals surface area contributed by atoms with E-state index in [2.05, 4.69) is 43.9 Å². The van der Waals surface area contributed by atoms with Gasteiger partial charge in [0.1, 0.15) is 17.8 Å². The zero-order chi connectivity index (χ0) is 16.9. The van der Waals surface area contributed by atoms with Gasteiger partial charge >= 0.3 is 0 Å². The molecule has 3 rings (SSSR count). The number of anilines is 4. The Labute approximate surface area is 142 Å².